The van der Waals surface area contributed by atoms with E-state index in [1.165, 1.54) is 0 Å². The van der Waals surface area contributed by atoms with Crippen molar-refractivity contribution in [2.45, 2.75) is 13.3 Å². The molecule has 6 heteroatoms. The van der Waals surface area contributed by atoms with Crippen LogP contribution in [0.1, 0.15) is 22.5 Å². The molecule has 2 rings (SSSR count). The summed E-state index contributed by atoms with van der Waals surface area (Å²) in [4.78, 5) is 19.0. The van der Waals surface area contributed by atoms with Crippen molar-refractivity contribution in [1.29, 1.82) is 0 Å². The smallest absolute Gasteiger partial charge is 0.253 e. The highest BCUT2D eigenvalue weighted by Crippen LogP contribution is 2.24. The van der Waals surface area contributed by atoms with Crippen molar-refractivity contribution in [2.75, 3.05) is 40.5 Å². The average Bonchev–Trinajstić information content (AvgIpc) is 3.04. The Balaban J connectivity index is 2.07. The van der Waals surface area contributed by atoms with Gasteiger partial charge in [0, 0.05) is 56.1 Å². The first-order valence-electron chi connectivity index (χ1n) is 7.95. The van der Waals surface area contributed by atoms with Crippen LogP contribution in [-0.4, -0.2) is 56.3 Å². The molecule has 1 aromatic carbocycles. The van der Waals surface area contributed by atoms with Gasteiger partial charge in [-0.3, -0.25) is 4.79 Å². The summed E-state index contributed by atoms with van der Waals surface area (Å²) in [5.41, 5.74) is 2.73. The van der Waals surface area contributed by atoms with Crippen LogP contribution in [-0.2, 0) is 9.47 Å². The van der Waals surface area contributed by atoms with Gasteiger partial charge in [0.05, 0.1) is 6.61 Å². The van der Waals surface area contributed by atoms with Gasteiger partial charge in [-0.1, -0.05) is 12.1 Å². The minimum absolute atomic E-state index is 0.0185. The number of aryl methyl sites for hydroxylation is 1. The summed E-state index contributed by atoms with van der Waals surface area (Å²) < 4.78 is 10.2. The lowest BCUT2D eigenvalue weighted by atomic mass is 10.1. The van der Waals surface area contributed by atoms with Crippen molar-refractivity contribution in [3.05, 3.63) is 40.9 Å². The number of nitrogens with zero attached hydrogens (tertiary/aromatic N) is 2. The second-order valence-corrected chi connectivity index (χ2v) is 6.36. The van der Waals surface area contributed by atoms with E-state index >= 15 is 0 Å². The molecule has 1 amide bonds. The molecule has 0 spiro atoms. The molecule has 1 aromatic heterocycles. The molecule has 0 bridgehead atoms. The molecule has 0 aliphatic rings. The molecule has 130 valence electrons. The van der Waals surface area contributed by atoms with Gasteiger partial charge in [0.2, 0.25) is 0 Å². The Morgan fingerprint density at radius 3 is 2.42 bits per heavy atom. The minimum Gasteiger partial charge on any atom is -0.385 e. The quantitative estimate of drug-likeness (QED) is 0.653. The summed E-state index contributed by atoms with van der Waals surface area (Å²) in [7, 11) is 3.31. The molecular weight excluding hydrogens is 324 g/mol. The van der Waals surface area contributed by atoms with Gasteiger partial charge >= 0.3 is 0 Å². The van der Waals surface area contributed by atoms with Crippen molar-refractivity contribution in [3.8, 4) is 10.6 Å². The van der Waals surface area contributed by atoms with Gasteiger partial charge < -0.3 is 14.4 Å². The maximum atomic E-state index is 12.7. The van der Waals surface area contributed by atoms with Gasteiger partial charge in [-0.05, 0) is 25.5 Å². The zero-order valence-electron chi connectivity index (χ0n) is 14.4. The van der Waals surface area contributed by atoms with Crippen LogP contribution in [0.15, 0.2) is 29.6 Å². The van der Waals surface area contributed by atoms with Crippen LogP contribution in [0.25, 0.3) is 10.6 Å². The minimum atomic E-state index is 0.0185. The highest BCUT2D eigenvalue weighted by atomic mass is 32.1. The van der Waals surface area contributed by atoms with Crippen LogP contribution in [0.4, 0.5) is 0 Å². The van der Waals surface area contributed by atoms with Crippen molar-refractivity contribution in [3.63, 3.8) is 0 Å². The van der Waals surface area contributed by atoms with Crippen LogP contribution in [0.2, 0.25) is 0 Å². The lowest BCUT2D eigenvalue weighted by Gasteiger charge is -2.22. The molecular formula is C18H24N2O3S. The molecule has 1 heterocycles. The first-order valence-corrected chi connectivity index (χ1v) is 8.83. The van der Waals surface area contributed by atoms with Gasteiger partial charge in [0.1, 0.15) is 5.01 Å². The predicted molar refractivity (Wildman–Crippen MR) is 96.6 cm³/mol. The molecule has 0 N–H and O–H groups in total. The standard InChI is InChI=1S/C18H24N2O3S/c1-14-13-24-17(19-14)15-5-7-16(8-6-15)18(21)20(10-12-23-3)9-4-11-22-2/h5-8,13H,4,9-12H2,1-3H3. The lowest BCUT2D eigenvalue weighted by Crippen LogP contribution is -2.35. The molecule has 0 saturated carbocycles. The van der Waals surface area contributed by atoms with E-state index in [1.807, 2.05) is 41.5 Å². The van der Waals surface area contributed by atoms with E-state index in [0.717, 1.165) is 22.7 Å². The van der Waals surface area contributed by atoms with E-state index in [1.54, 1.807) is 25.6 Å². The van der Waals surface area contributed by atoms with Crippen molar-refractivity contribution >= 4 is 17.2 Å². The Morgan fingerprint density at radius 1 is 1.12 bits per heavy atom. The Kier molecular flexibility index (Phi) is 7.36. The monoisotopic (exact) mass is 348 g/mol. The zero-order valence-corrected chi connectivity index (χ0v) is 15.3. The number of hydrogen-bond acceptors (Lipinski definition) is 5. The highest BCUT2D eigenvalue weighted by molar-refractivity contribution is 7.13. The number of rotatable bonds is 9. The van der Waals surface area contributed by atoms with Crippen LogP contribution in [0.5, 0.6) is 0 Å². The molecule has 0 unspecified atom stereocenters. The fourth-order valence-electron chi connectivity index (χ4n) is 2.34. The molecule has 0 saturated heterocycles. The number of aromatic nitrogens is 1. The lowest BCUT2D eigenvalue weighted by molar-refractivity contribution is 0.0674. The molecule has 0 radical (unpaired) electrons. The number of carbonyl (C=O) groups is 1. The van der Waals surface area contributed by atoms with Gasteiger partial charge in [0.15, 0.2) is 0 Å². The normalized spacial score (nSPS) is 10.8. The second-order valence-electron chi connectivity index (χ2n) is 5.50. The summed E-state index contributed by atoms with van der Waals surface area (Å²) in [6, 6.07) is 7.64. The predicted octanol–water partition coefficient (Wildman–Crippen LogP) is 3.24. The second kappa shape index (κ2) is 9.52. The van der Waals surface area contributed by atoms with E-state index in [0.29, 0.717) is 31.9 Å². The van der Waals surface area contributed by atoms with Gasteiger partial charge in [-0.25, -0.2) is 4.98 Å². The molecule has 24 heavy (non-hydrogen) atoms. The van der Waals surface area contributed by atoms with E-state index < -0.39 is 0 Å². The Bertz CT molecular complexity index is 640. The number of ether oxygens (including phenoxy) is 2. The molecule has 0 atom stereocenters. The van der Waals surface area contributed by atoms with Crippen molar-refractivity contribution in [1.82, 2.24) is 9.88 Å². The van der Waals surface area contributed by atoms with E-state index in [-0.39, 0.29) is 5.91 Å². The fourth-order valence-corrected chi connectivity index (χ4v) is 3.14. The molecule has 0 aliphatic heterocycles. The fraction of sp³-hybridized carbons (Fsp3) is 0.444. The molecule has 0 aliphatic carbocycles. The SMILES string of the molecule is COCCCN(CCOC)C(=O)c1ccc(-c2nc(C)cs2)cc1. The number of benzene rings is 1. The number of thiazole rings is 1. The van der Waals surface area contributed by atoms with Gasteiger partial charge in [-0.15, -0.1) is 11.3 Å². The third kappa shape index (κ3) is 5.12. The van der Waals surface area contributed by atoms with E-state index in [9.17, 15) is 4.79 Å². The van der Waals surface area contributed by atoms with Crippen molar-refractivity contribution in [2.24, 2.45) is 0 Å². The summed E-state index contributed by atoms with van der Waals surface area (Å²) in [6.07, 6.45) is 0.808. The molecule has 5 nitrogen and oxygen atoms in total. The van der Waals surface area contributed by atoms with E-state index in [4.69, 9.17) is 9.47 Å². The molecule has 0 fully saturated rings. The Hall–Kier alpha value is -1.76. The number of carbonyl (C=O) groups excluding carboxylic acids is 1. The third-order valence-corrected chi connectivity index (χ3v) is 4.64. The topological polar surface area (TPSA) is 51.7 Å². The van der Waals surface area contributed by atoms with Gasteiger partial charge in [0.25, 0.3) is 5.91 Å². The van der Waals surface area contributed by atoms with Crippen molar-refractivity contribution < 1.29 is 14.3 Å². The number of methoxy groups -OCH3 is 2. The molecule has 2 aromatic rings. The first kappa shape index (κ1) is 18.6. The summed E-state index contributed by atoms with van der Waals surface area (Å²) >= 11 is 1.61. The first-order chi connectivity index (χ1) is 11.7. The maximum absolute atomic E-state index is 12.7. The maximum Gasteiger partial charge on any atom is 0.253 e. The Morgan fingerprint density at radius 2 is 1.83 bits per heavy atom. The Labute approximate surface area is 147 Å². The van der Waals surface area contributed by atoms with Crippen LogP contribution in [0, 0.1) is 6.92 Å². The van der Waals surface area contributed by atoms with Crippen LogP contribution < -0.4 is 0 Å². The average molecular weight is 348 g/mol. The van der Waals surface area contributed by atoms with Crippen LogP contribution in [0.3, 0.4) is 0 Å². The third-order valence-electron chi connectivity index (χ3n) is 3.63. The summed E-state index contributed by atoms with van der Waals surface area (Å²) in [5.74, 6) is 0.0185. The zero-order chi connectivity index (χ0) is 17.4. The van der Waals surface area contributed by atoms with Crippen LogP contribution >= 0.6 is 11.3 Å². The van der Waals surface area contributed by atoms with Gasteiger partial charge in [-0.2, -0.15) is 0 Å². The van der Waals surface area contributed by atoms with E-state index in [2.05, 4.69) is 4.98 Å². The number of hydrogen-bond donors (Lipinski definition) is 0. The highest BCUT2D eigenvalue weighted by Gasteiger charge is 2.15. The summed E-state index contributed by atoms with van der Waals surface area (Å²) in [5, 5.41) is 3.00. The largest absolute Gasteiger partial charge is 0.385 e. The number of amides is 1. The summed E-state index contributed by atoms with van der Waals surface area (Å²) in [6.45, 7) is 4.37.